The highest BCUT2D eigenvalue weighted by molar-refractivity contribution is 6.19. The Morgan fingerprint density at radius 3 is 2.23 bits per heavy atom. The molecule has 9 heteroatoms. The summed E-state index contributed by atoms with van der Waals surface area (Å²) in [6.45, 7) is -0.752. The van der Waals surface area contributed by atoms with Gasteiger partial charge in [-0.25, -0.2) is 0 Å². The lowest BCUT2D eigenvalue weighted by molar-refractivity contribution is -0.147. The second-order valence-electron chi connectivity index (χ2n) is 7.42. The SMILES string of the molecule is O=C(COC(=O)CNC(=O)c1ccc(N2C(=O)CCC2=O)cc1)NC1CCCCC1. The average Bonchev–Trinajstić information content (AvgIpc) is 3.09. The number of esters is 1. The van der Waals surface area contributed by atoms with Gasteiger partial charge in [0.05, 0.1) is 5.69 Å². The van der Waals surface area contributed by atoms with Crippen LogP contribution in [0.1, 0.15) is 55.3 Å². The van der Waals surface area contributed by atoms with Gasteiger partial charge in [-0.15, -0.1) is 0 Å². The van der Waals surface area contributed by atoms with E-state index in [1.807, 2.05) is 0 Å². The van der Waals surface area contributed by atoms with Crippen molar-refractivity contribution in [2.45, 2.75) is 51.0 Å². The Morgan fingerprint density at radius 2 is 1.60 bits per heavy atom. The van der Waals surface area contributed by atoms with Gasteiger partial charge in [0.1, 0.15) is 6.54 Å². The molecular formula is C21H25N3O6. The zero-order valence-electron chi connectivity index (χ0n) is 16.6. The number of imide groups is 1. The van der Waals surface area contributed by atoms with Crippen molar-refractivity contribution < 1.29 is 28.7 Å². The van der Waals surface area contributed by atoms with Gasteiger partial charge in [-0.2, -0.15) is 0 Å². The van der Waals surface area contributed by atoms with Gasteiger partial charge < -0.3 is 15.4 Å². The van der Waals surface area contributed by atoms with E-state index in [1.165, 1.54) is 30.7 Å². The molecule has 2 aliphatic rings. The van der Waals surface area contributed by atoms with Gasteiger partial charge in [0, 0.05) is 24.4 Å². The van der Waals surface area contributed by atoms with Crippen LogP contribution in [0.15, 0.2) is 24.3 Å². The second kappa shape index (κ2) is 10.00. The molecule has 2 N–H and O–H groups in total. The Balaban J connectivity index is 1.40. The summed E-state index contributed by atoms with van der Waals surface area (Å²) in [5, 5.41) is 5.26. The number of anilines is 1. The number of benzene rings is 1. The molecule has 1 saturated carbocycles. The summed E-state index contributed by atoms with van der Waals surface area (Å²) in [5.41, 5.74) is 0.670. The highest BCUT2D eigenvalue weighted by Gasteiger charge is 2.30. The van der Waals surface area contributed by atoms with E-state index in [0.29, 0.717) is 5.69 Å². The molecule has 4 amide bonds. The van der Waals surface area contributed by atoms with Crippen molar-refractivity contribution in [1.29, 1.82) is 0 Å². The van der Waals surface area contributed by atoms with Gasteiger partial charge in [0.25, 0.3) is 11.8 Å². The van der Waals surface area contributed by atoms with Crippen molar-refractivity contribution in [2.75, 3.05) is 18.1 Å². The fourth-order valence-corrected chi connectivity index (χ4v) is 3.59. The number of ether oxygens (including phenoxy) is 1. The maximum absolute atomic E-state index is 12.2. The van der Waals surface area contributed by atoms with Gasteiger partial charge in [-0.1, -0.05) is 19.3 Å². The Kier molecular flexibility index (Phi) is 7.16. The summed E-state index contributed by atoms with van der Waals surface area (Å²) in [5.74, 6) is -2.11. The van der Waals surface area contributed by atoms with Crippen LogP contribution in [-0.4, -0.2) is 48.8 Å². The predicted molar refractivity (Wildman–Crippen MR) is 106 cm³/mol. The van der Waals surface area contributed by atoms with Gasteiger partial charge in [-0.3, -0.25) is 28.9 Å². The maximum Gasteiger partial charge on any atom is 0.325 e. The third-order valence-corrected chi connectivity index (χ3v) is 5.17. The molecule has 1 aromatic carbocycles. The van der Waals surface area contributed by atoms with Crippen molar-refractivity contribution in [3.8, 4) is 0 Å². The van der Waals surface area contributed by atoms with Crippen LogP contribution in [0.5, 0.6) is 0 Å². The van der Waals surface area contributed by atoms with Crippen LogP contribution in [0, 0.1) is 0 Å². The molecule has 9 nitrogen and oxygen atoms in total. The molecule has 0 bridgehead atoms. The largest absolute Gasteiger partial charge is 0.454 e. The topological polar surface area (TPSA) is 122 Å². The number of hydrogen-bond donors (Lipinski definition) is 2. The smallest absolute Gasteiger partial charge is 0.325 e. The first-order chi connectivity index (χ1) is 14.4. The molecule has 30 heavy (non-hydrogen) atoms. The number of carbonyl (C=O) groups is 5. The molecule has 0 unspecified atom stereocenters. The minimum absolute atomic E-state index is 0.138. The summed E-state index contributed by atoms with van der Waals surface area (Å²) in [6, 6.07) is 6.08. The second-order valence-corrected chi connectivity index (χ2v) is 7.42. The van der Waals surface area contributed by atoms with E-state index in [2.05, 4.69) is 10.6 Å². The zero-order chi connectivity index (χ0) is 21.5. The van der Waals surface area contributed by atoms with E-state index >= 15 is 0 Å². The summed E-state index contributed by atoms with van der Waals surface area (Å²) in [4.78, 5) is 60.4. The molecule has 3 rings (SSSR count). The average molecular weight is 415 g/mol. The van der Waals surface area contributed by atoms with E-state index in [9.17, 15) is 24.0 Å². The molecule has 0 aromatic heterocycles. The Morgan fingerprint density at radius 1 is 0.967 bits per heavy atom. The first kappa shape index (κ1) is 21.5. The van der Waals surface area contributed by atoms with Crippen LogP contribution in [0.25, 0.3) is 0 Å². The van der Waals surface area contributed by atoms with E-state index in [-0.39, 0.29) is 55.3 Å². The molecule has 2 fully saturated rings. The third kappa shape index (κ3) is 5.65. The Bertz CT molecular complexity index is 814. The number of rotatable bonds is 7. The lowest BCUT2D eigenvalue weighted by Gasteiger charge is -2.22. The van der Waals surface area contributed by atoms with Crippen LogP contribution in [0.2, 0.25) is 0 Å². The Hall–Kier alpha value is -3.23. The zero-order valence-corrected chi connectivity index (χ0v) is 16.6. The van der Waals surface area contributed by atoms with E-state index in [4.69, 9.17) is 4.74 Å². The first-order valence-electron chi connectivity index (χ1n) is 10.1. The van der Waals surface area contributed by atoms with Crippen LogP contribution >= 0.6 is 0 Å². The van der Waals surface area contributed by atoms with Crippen molar-refractivity contribution in [1.82, 2.24) is 10.6 Å². The molecular weight excluding hydrogens is 390 g/mol. The number of amides is 4. The highest BCUT2D eigenvalue weighted by Crippen LogP contribution is 2.22. The highest BCUT2D eigenvalue weighted by atomic mass is 16.5. The summed E-state index contributed by atoms with van der Waals surface area (Å²) in [6.07, 6.45) is 5.59. The fourth-order valence-electron chi connectivity index (χ4n) is 3.59. The number of carbonyl (C=O) groups excluding carboxylic acids is 5. The molecule has 0 spiro atoms. The van der Waals surface area contributed by atoms with Crippen molar-refractivity contribution in [3.63, 3.8) is 0 Å². The van der Waals surface area contributed by atoms with E-state index in [0.717, 1.165) is 30.6 Å². The maximum atomic E-state index is 12.2. The molecule has 1 saturated heterocycles. The summed E-state index contributed by atoms with van der Waals surface area (Å²) >= 11 is 0. The van der Waals surface area contributed by atoms with E-state index < -0.39 is 11.9 Å². The van der Waals surface area contributed by atoms with Crippen LogP contribution in [0.3, 0.4) is 0 Å². The van der Waals surface area contributed by atoms with Crippen molar-refractivity contribution >= 4 is 35.3 Å². The number of nitrogens with zero attached hydrogens (tertiary/aromatic N) is 1. The standard InChI is InChI=1S/C21H25N3O6/c25-17(23-15-4-2-1-3-5-15)13-30-20(28)12-22-21(29)14-6-8-16(9-7-14)24-18(26)10-11-19(24)27/h6-9,15H,1-5,10-13H2,(H,22,29)(H,23,25). The number of hydrogen-bond acceptors (Lipinski definition) is 6. The quantitative estimate of drug-likeness (QED) is 0.507. The molecule has 160 valence electrons. The lowest BCUT2D eigenvalue weighted by Crippen LogP contribution is -2.39. The minimum Gasteiger partial charge on any atom is -0.454 e. The van der Waals surface area contributed by atoms with Crippen LogP contribution in [0.4, 0.5) is 5.69 Å². The van der Waals surface area contributed by atoms with Gasteiger partial charge in [-0.05, 0) is 37.1 Å². The molecule has 1 aliphatic carbocycles. The van der Waals surface area contributed by atoms with Gasteiger partial charge in [0.2, 0.25) is 11.8 Å². The summed E-state index contributed by atoms with van der Waals surface area (Å²) in [7, 11) is 0. The minimum atomic E-state index is -0.716. The lowest BCUT2D eigenvalue weighted by atomic mass is 9.95. The van der Waals surface area contributed by atoms with Crippen LogP contribution < -0.4 is 15.5 Å². The van der Waals surface area contributed by atoms with E-state index in [1.54, 1.807) is 0 Å². The molecule has 1 heterocycles. The molecule has 1 aliphatic heterocycles. The molecule has 0 radical (unpaired) electrons. The van der Waals surface area contributed by atoms with Crippen LogP contribution in [-0.2, 0) is 23.9 Å². The number of nitrogens with one attached hydrogen (secondary N) is 2. The fraction of sp³-hybridized carbons (Fsp3) is 0.476. The predicted octanol–water partition coefficient (Wildman–Crippen LogP) is 1.06. The summed E-state index contributed by atoms with van der Waals surface area (Å²) < 4.78 is 4.89. The molecule has 0 atom stereocenters. The van der Waals surface area contributed by atoms with Crippen molar-refractivity contribution in [3.05, 3.63) is 29.8 Å². The molecule has 1 aromatic rings. The van der Waals surface area contributed by atoms with Gasteiger partial charge >= 0.3 is 5.97 Å². The third-order valence-electron chi connectivity index (χ3n) is 5.17. The monoisotopic (exact) mass is 415 g/mol. The van der Waals surface area contributed by atoms with Gasteiger partial charge in [0.15, 0.2) is 6.61 Å². The first-order valence-corrected chi connectivity index (χ1v) is 10.1. The van der Waals surface area contributed by atoms with Crippen molar-refractivity contribution in [2.24, 2.45) is 0 Å². The normalized spacial score (nSPS) is 17.0. The Labute approximate surface area is 174 Å².